The average Bonchev–Trinajstić information content (AvgIpc) is 2.51. The van der Waals surface area contributed by atoms with Gasteiger partial charge in [-0.1, -0.05) is 23.2 Å². The first-order chi connectivity index (χ1) is 11.3. The lowest BCUT2D eigenvalue weighted by Crippen LogP contribution is -2.19. The molecule has 1 amide bonds. The zero-order valence-corrected chi connectivity index (χ0v) is 13.4. The Bertz CT molecular complexity index is 855. The first kappa shape index (κ1) is 17.5. The predicted molar refractivity (Wildman–Crippen MR) is 90.7 cm³/mol. The molecule has 0 aliphatic heterocycles. The van der Waals surface area contributed by atoms with Crippen molar-refractivity contribution in [3.05, 3.63) is 61.6 Å². The summed E-state index contributed by atoms with van der Waals surface area (Å²) in [6.45, 7) is 0. The topological polar surface area (TPSA) is 131 Å². The third-order valence-electron chi connectivity index (χ3n) is 2.92. The fourth-order valence-corrected chi connectivity index (χ4v) is 2.27. The monoisotopic (exact) mass is 368 g/mol. The molecule has 4 N–H and O–H groups in total. The summed E-state index contributed by atoms with van der Waals surface area (Å²) in [5.41, 5.74) is 7.63. The largest absolute Gasteiger partial charge is 0.506 e. The highest BCUT2D eigenvalue weighted by molar-refractivity contribution is 6.36. The molecule has 0 saturated carbocycles. The lowest BCUT2D eigenvalue weighted by atomic mass is 10.1. The van der Waals surface area contributed by atoms with E-state index in [1.165, 1.54) is 24.3 Å². The van der Waals surface area contributed by atoms with Gasteiger partial charge in [0, 0.05) is 28.4 Å². The molecule has 0 aliphatic rings. The fourth-order valence-electron chi connectivity index (χ4n) is 1.76. The molecule has 0 spiro atoms. The summed E-state index contributed by atoms with van der Waals surface area (Å²) in [7, 11) is 0. The smallest absolute Gasteiger partial charge is 0.273 e. The number of hydrogen-bond acceptors (Lipinski definition) is 6. The molecule has 2 rings (SSSR count). The molecule has 2 aromatic rings. The number of rotatable bonds is 4. The van der Waals surface area contributed by atoms with Crippen molar-refractivity contribution in [1.82, 2.24) is 5.43 Å². The van der Waals surface area contributed by atoms with Crippen molar-refractivity contribution in [2.75, 3.05) is 5.73 Å². The Morgan fingerprint density at radius 2 is 2.04 bits per heavy atom. The Hall–Kier alpha value is -2.84. The van der Waals surface area contributed by atoms with Gasteiger partial charge in [-0.25, -0.2) is 5.43 Å². The fraction of sp³-hybridized carbons (Fsp3) is 0. The molecule has 0 radical (unpaired) electrons. The molecule has 124 valence electrons. The molecule has 0 fully saturated rings. The number of halogens is 2. The van der Waals surface area contributed by atoms with Gasteiger partial charge in [0.25, 0.3) is 11.6 Å². The number of hydrazone groups is 1. The molecule has 0 aromatic heterocycles. The Labute approximate surface area is 145 Å². The second-order valence-corrected chi connectivity index (χ2v) is 5.40. The predicted octanol–water partition coefficient (Wildman–Crippen LogP) is 2.95. The normalized spacial score (nSPS) is 10.8. The maximum atomic E-state index is 12.0. The summed E-state index contributed by atoms with van der Waals surface area (Å²) in [6.07, 6.45) is 1.12. The lowest BCUT2D eigenvalue weighted by Gasteiger charge is -2.05. The summed E-state index contributed by atoms with van der Waals surface area (Å²) in [4.78, 5) is 22.1. The minimum atomic E-state index is -0.750. The van der Waals surface area contributed by atoms with Crippen LogP contribution in [0.2, 0.25) is 10.0 Å². The van der Waals surface area contributed by atoms with Crippen LogP contribution in [-0.4, -0.2) is 22.2 Å². The van der Waals surface area contributed by atoms with Crippen LogP contribution in [0.25, 0.3) is 0 Å². The van der Waals surface area contributed by atoms with Crippen LogP contribution >= 0.6 is 23.2 Å². The second kappa shape index (κ2) is 7.16. The highest BCUT2D eigenvalue weighted by Gasteiger charge is 2.15. The number of nitrogens with one attached hydrogen (secondary N) is 1. The van der Waals surface area contributed by atoms with Gasteiger partial charge >= 0.3 is 0 Å². The minimum Gasteiger partial charge on any atom is -0.506 e. The number of benzene rings is 2. The number of amides is 1. The van der Waals surface area contributed by atoms with E-state index in [0.29, 0.717) is 0 Å². The zero-order chi connectivity index (χ0) is 17.9. The molecule has 0 heterocycles. The van der Waals surface area contributed by atoms with Crippen molar-refractivity contribution >= 4 is 46.7 Å². The van der Waals surface area contributed by atoms with E-state index in [2.05, 4.69) is 10.5 Å². The van der Waals surface area contributed by atoms with E-state index in [4.69, 9.17) is 28.9 Å². The van der Waals surface area contributed by atoms with E-state index >= 15 is 0 Å². The number of nitrogens with two attached hydrogens (primary N) is 1. The quantitative estimate of drug-likeness (QED) is 0.330. The summed E-state index contributed by atoms with van der Waals surface area (Å²) >= 11 is 11.6. The Morgan fingerprint density at radius 1 is 1.33 bits per heavy atom. The van der Waals surface area contributed by atoms with Crippen molar-refractivity contribution in [1.29, 1.82) is 0 Å². The maximum absolute atomic E-state index is 12.0. The van der Waals surface area contributed by atoms with Gasteiger partial charge in [0.05, 0.1) is 21.7 Å². The minimum absolute atomic E-state index is 0.0261. The van der Waals surface area contributed by atoms with E-state index in [-0.39, 0.29) is 38.3 Å². The number of aromatic hydroxyl groups is 1. The summed E-state index contributed by atoms with van der Waals surface area (Å²) in [5, 5.41) is 24.4. The summed E-state index contributed by atoms with van der Waals surface area (Å²) in [5.74, 6) is -1.01. The Balaban J connectivity index is 2.19. The number of carbonyl (C=O) groups is 1. The molecule has 0 atom stereocenters. The first-order valence-corrected chi connectivity index (χ1v) is 7.10. The van der Waals surface area contributed by atoms with Crippen LogP contribution in [0.4, 0.5) is 11.4 Å². The van der Waals surface area contributed by atoms with Crippen LogP contribution in [0.1, 0.15) is 15.9 Å². The van der Waals surface area contributed by atoms with Gasteiger partial charge in [-0.15, -0.1) is 0 Å². The number of non-ortho nitro benzene ring substituents is 1. The number of anilines is 1. The summed E-state index contributed by atoms with van der Waals surface area (Å²) < 4.78 is 0. The van der Waals surface area contributed by atoms with Crippen LogP contribution in [0.3, 0.4) is 0 Å². The van der Waals surface area contributed by atoms with E-state index in [1.807, 2.05) is 0 Å². The van der Waals surface area contributed by atoms with E-state index in [0.717, 1.165) is 12.3 Å². The lowest BCUT2D eigenvalue weighted by molar-refractivity contribution is -0.384. The molecule has 0 unspecified atom stereocenters. The number of phenols is 1. The second-order valence-electron chi connectivity index (χ2n) is 4.55. The van der Waals surface area contributed by atoms with Gasteiger partial charge in [0.1, 0.15) is 5.75 Å². The molecule has 10 heteroatoms. The molecular weight excluding hydrogens is 359 g/mol. The molecule has 0 saturated heterocycles. The van der Waals surface area contributed by atoms with Crippen LogP contribution in [0, 0.1) is 10.1 Å². The van der Waals surface area contributed by atoms with Crippen LogP contribution < -0.4 is 11.2 Å². The van der Waals surface area contributed by atoms with Crippen molar-refractivity contribution in [2.45, 2.75) is 0 Å². The molecule has 0 aliphatic carbocycles. The van der Waals surface area contributed by atoms with Gasteiger partial charge in [-0.05, 0) is 18.2 Å². The number of phenolic OH excluding ortho intramolecular Hbond substituents is 1. The standard InChI is InChI=1S/C14H10Cl2N4O4/c15-8-3-7(13(21)11(16)4-8)6-18-19-14(22)10-5-9(20(23)24)1-2-12(10)17/h1-6,21H,17H2,(H,19,22)/b18-6+. The number of nitrogen functional groups attached to an aromatic ring is 1. The van der Waals surface area contributed by atoms with Crippen LogP contribution in [0.15, 0.2) is 35.4 Å². The number of hydrogen-bond donors (Lipinski definition) is 3. The Kier molecular flexibility index (Phi) is 5.22. The van der Waals surface area contributed by atoms with Crippen molar-refractivity contribution < 1.29 is 14.8 Å². The third-order valence-corrected chi connectivity index (χ3v) is 3.43. The van der Waals surface area contributed by atoms with Crippen LogP contribution in [-0.2, 0) is 0 Å². The first-order valence-electron chi connectivity index (χ1n) is 6.35. The van der Waals surface area contributed by atoms with Gasteiger partial charge in [0.2, 0.25) is 0 Å². The number of nitro benzene ring substituents is 1. The summed E-state index contributed by atoms with van der Waals surface area (Å²) in [6, 6.07) is 6.20. The van der Waals surface area contributed by atoms with E-state index in [1.54, 1.807) is 0 Å². The molecular formula is C14H10Cl2N4O4. The van der Waals surface area contributed by atoms with Gasteiger partial charge in [0.15, 0.2) is 0 Å². The number of carbonyl (C=O) groups excluding carboxylic acids is 1. The third kappa shape index (κ3) is 3.92. The number of nitrogens with zero attached hydrogens (tertiary/aromatic N) is 2. The van der Waals surface area contributed by atoms with Crippen molar-refractivity contribution in [3.63, 3.8) is 0 Å². The zero-order valence-electron chi connectivity index (χ0n) is 11.9. The van der Waals surface area contributed by atoms with E-state index < -0.39 is 10.8 Å². The van der Waals surface area contributed by atoms with Crippen molar-refractivity contribution in [3.8, 4) is 5.75 Å². The molecule has 8 nitrogen and oxygen atoms in total. The van der Waals surface area contributed by atoms with Gasteiger partial charge in [-0.3, -0.25) is 14.9 Å². The van der Waals surface area contributed by atoms with Crippen molar-refractivity contribution in [2.24, 2.45) is 5.10 Å². The van der Waals surface area contributed by atoms with Crippen LogP contribution in [0.5, 0.6) is 5.75 Å². The number of nitro groups is 1. The van der Waals surface area contributed by atoms with Gasteiger partial charge in [-0.2, -0.15) is 5.10 Å². The van der Waals surface area contributed by atoms with E-state index in [9.17, 15) is 20.0 Å². The SMILES string of the molecule is Nc1ccc([N+](=O)[O-])cc1C(=O)N/N=C/c1cc(Cl)cc(Cl)c1O. The Morgan fingerprint density at radius 3 is 2.71 bits per heavy atom. The highest BCUT2D eigenvalue weighted by Crippen LogP contribution is 2.30. The molecule has 2 aromatic carbocycles. The van der Waals surface area contributed by atoms with Gasteiger partial charge < -0.3 is 10.8 Å². The molecule has 24 heavy (non-hydrogen) atoms. The highest BCUT2D eigenvalue weighted by atomic mass is 35.5. The molecule has 0 bridgehead atoms. The maximum Gasteiger partial charge on any atom is 0.273 e. The average molecular weight is 369 g/mol.